The zero-order chi connectivity index (χ0) is 18.8. The predicted molar refractivity (Wildman–Crippen MR) is 106 cm³/mol. The normalized spacial score (nSPS) is 19.1. The van der Waals surface area contributed by atoms with Crippen LogP contribution in [0.5, 0.6) is 11.5 Å². The molecular formula is C22H26N2O3. The van der Waals surface area contributed by atoms with E-state index in [0.717, 1.165) is 42.1 Å². The number of nitrogens with one attached hydrogen (secondary N) is 1. The number of hydrogen-bond acceptors (Lipinski definition) is 4. The van der Waals surface area contributed by atoms with E-state index in [4.69, 9.17) is 9.47 Å². The zero-order valence-electron chi connectivity index (χ0n) is 16.0. The number of amides is 1. The number of rotatable bonds is 4. The van der Waals surface area contributed by atoms with Crippen LogP contribution in [0.2, 0.25) is 0 Å². The van der Waals surface area contributed by atoms with Crippen LogP contribution in [0.3, 0.4) is 0 Å². The Labute approximate surface area is 160 Å². The fourth-order valence-electron chi connectivity index (χ4n) is 3.99. The van der Waals surface area contributed by atoms with E-state index in [0.29, 0.717) is 19.8 Å². The molecule has 142 valence electrons. The number of hydrogen-bond donors (Lipinski definition) is 1. The number of likely N-dealkylation sites (tertiary alicyclic amines) is 1. The molecule has 0 unspecified atom stereocenters. The van der Waals surface area contributed by atoms with Crippen LogP contribution < -0.4 is 14.8 Å². The van der Waals surface area contributed by atoms with Gasteiger partial charge in [-0.1, -0.05) is 23.8 Å². The molecule has 2 aromatic rings. The topological polar surface area (TPSA) is 50.8 Å². The van der Waals surface area contributed by atoms with Crippen molar-refractivity contribution in [1.82, 2.24) is 4.90 Å². The molecule has 5 heteroatoms. The van der Waals surface area contributed by atoms with Gasteiger partial charge in [0.25, 0.3) is 0 Å². The summed E-state index contributed by atoms with van der Waals surface area (Å²) in [5, 5.41) is 3.06. The molecule has 1 amide bonds. The van der Waals surface area contributed by atoms with Gasteiger partial charge in [-0.05, 0) is 62.6 Å². The van der Waals surface area contributed by atoms with Crippen LogP contribution in [-0.4, -0.2) is 37.1 Å². The van der Waals surface area contributed by atoms with Crippen molar-refractivity contribution in [2.75, 3.05) is 31.6 Å². The van der Waals surface area contributed by atoms with Gasteiger partial charge in [0, 0.05) is 11.7 Å². The van der Waals surface area contributed by atoms with Crippen LogP contribution in [0, 0.1) is 13.8 Å². The van der Waals surface area contributed by atoms with Crippen molar-refractivity contribution >= 4 is 11.6 Å². The van der Waals surface area contributed by atoms with Crippen molar-refractivity contribution in [2.45, 2.75) is 32.7 Å². The second-order valence-electron chi connectivity index (χ2n) is 7.40. The lowest BCUT2D eigenvalue weighted by Crippen LogP contribution is -2.33. The largest absolute Gasteiger partial charge is 0.486 e. The van der Waals surface area contributed by atoms with Crippen LogP contribution in [0.25, 0.3) is 0 Å². The molecule has 0 saturated carbocycles. The Morgan fingerprint density at radius 2 is 1.93 bits per heavy atom. The van der Waals surface area contributed by atoms with Crippen LogP contribution in [0.4, 0.5) is 5.69 Å². The quantitative estimate of drug-likeness (QED) is 0.893. The van der Waals surface area contributed by atoms with Crippen LogP contribution >= 0.6 is 0 Å². The van der Waals surface area contributed by atoms with Gasteiger partial charge in [0.15, 0.2) is 11.5 Å². The predicted octanol–water partition coefficient (Wildman–Crippen LogP) is 3.85. The molecule has 2 heterocycles. The SMILES string of the molecule is Cc1ccc(NC(=O)CN2CCC[C@H]2c2ccc3c(c2)OCCO3)c(C)c1. The number of carbonyl (C=O) groups is 1. The molecule has 27 heavy (non-hydrogen) atoms. The molecule has 1 N–H and O–H groups in total. The first-order valence-corrected chi connectivity index (χ1v) is 9.61. The lowest BCUT2D eigenvalue weighted by atomic mass is 10.0. The van der Waals surface area contributed by atoms with Gasteiger partial charge in [-0.3, -0.25) is 9.69 Å². The minimum atomic E-state index is 0.0337. The Hall–Kier alpha value is -2.53. The summed E-state index contributed by atoms with van der Waals surface area (Å²) in [6, 6.07) is 12.5. The molecule has 0 spiro atoms. The number of ether oxygens (including phenoxy) is 2. The van der Waals surface area contributed by atoms with E-state index in [9.17, 15) is 4.79 Å². The molecule has 1 saturated heterocycles. The van der Waals surface area contributed by atoms with Gasteiger partial charge in [-0.15, -0.1) is 0 Å². The first-order valence-electron chi connectivity index (χ1n) is 9.61. The fraction of sp³-hybridized carbons (Fsp3) is 0.409. The maximum Gasteiger partial charge on any atom is 0.238 e. The molecule has 0 bridgehead atoms. The highest BCUT2D eigenvalue weighted by Crippen LogP contribution is 2.37. The minimum Gasteiger partial charge on any atom is -0.486 e. The van der Waals surface area contributed by atoms with Gasteiger partial charge in [0.05, 0.1) is 6.54 Å². The summed E-state index contributed by atoms with van der Waals surface area (Å²) in [7, 11) is 0. The van der Waals surface area contributed by atoms with E-state index in [1.54, 1.807) is 0 Å². The average molecular weight is 366 g/mol. The van der Waals surface area contributed by atoms with E-state index >= 15 is 0 Å². The van der Waals surface area contributed by atoms with Gasteiger partial charge in [0.2, 0.25) is 5.91 Å². The highest BCUT2D eigenvalue weighted by atomic mass is 16.6. The smallest absolute Gasteiger partial charge is 0.238 e. The Kier molecular flexibility index (Phi) is 5.03. The van der Waals surface area contributed by atoms with E-state index < -0.39 is 0 Å². The number of anilines is 1. The van der Waals surface area contributed by atoms with Crippen molar-refractivity contribution in [3.05, 3.63) is 53.1 Å². The maximum absolute atomic E-state index is 12.6. The van der Waals surface area contributed by atoms with Crippen molar-refractivity contribution in [3.63, 3.8) is 0 Å². The average Bonchev–Trinajstić information content (AvgIpc) is 3.11. The van der Waals surface area contributed by atoms with Gasteiger partial charge < -0.3 is 14.8 Å². The standard InChI is InChI=1S/C22H26N2O3/c1-15-5-7-18(16(2)12-15)23-22(25)14-24-9-3-4-19(24)17-6-8-20-21(13-17)27-11-10-26-20/h5-8,12-13,19H,3-4,9-11,14H2,1-2H3,(H,23,25)/t19-/m0/s1. The number of carbonyl (C=O) groups excluding carboxylic acids is 1. The summed E-state index contributed by atoms with van der Waals surface area (Å²) in [6.07, 6.45) is 2.15. The Morgan fingerprint density at radius 3 is 2.74 bits per heavy atom. The number of benzene rings is 2. The lowest BCUT2D eigenvalue weighted by molar-refractivity contribution is -0.117. The van der Waals surface area contributed by atoms with Crippen molar-refractivity contribution in [2.24, 2.45) is 0 Å². The summed E-state index contributed by atoms with van der Waals surface area (Å²) >= 11 is 0. The van der Waals surface area contributed by atoms with Crippen LogP contribution in [0.1, 0.15) is 35.6 Å². The van der Waals surface area contributed by atoms with Gasteiger partial charge >= 0.3 is 0 Å². The molecule has 4 rings (SSSR count). The summed E-state index contributed by atoms with van der Waals surface area (Å²) in [6.45, 7) is 6.59. The van der Waals surface area contributed by atoms with Crippen LogP contribution in [-0.2, 0) is 4.79 Å². The van der Waals surface area contributed by atoms with Gasteiger partial charge in [-0.25, -0.2) is 0 Å². The molecular weight excluding hydrogens is 340 g/mol. The summed E-state index contributed by atoms with van der Waals surface area (Å²) in [5.41, 5.74) is 4.37. The second-order valence-corrected chi connectivity index (χ2v) is 7.40. The molecule has 0 radical (unpaired) electrons. The molecule has 0 aliphatic carbocycles. The summed E-state index contributed by atoms with van der Waals surface area (Å²) in [5.74, 6) is 1.65. The number of aryl methyl sites for hydroxylation is 2. The molecule has 2 aromatic carbocycles. The number of nitrogens with zero attached hydrogens (tertiary/aromatic N) is 1. The first-order chi connectivity index (χ1) is 13.1. The third-order valence-electron chi connectivity index (χ3n) is 5.32. The van der Waals surface area contributed by atoms with E-state index in [1.807, 2.05) is 25.1 Å². The summed E-state index contributed by atoms with van der Waals surface area (Å²) in [4.78, 5) is 14.9. The first kappa shape index (κ1) is 17.9. The van der Waals surface area contributed by atoms with Crippen molar-refractivity contribution < 1.29 is 14.3 Å². The molecule has 5 nitrogen and oxygen atoms in total. The van der Waals surface area contributed by atoms with E-state index in [2.05, 4.69) is 35.3 Å². The summed E-state index contributed by atoms with van der Waals surface area (Å²) < 4.78 is 11.3. The van der Waals surface area contributed by atoms with Gasteiger partial charge in [-0.2, -0.15) is 0 Å². The molecule has 2 aliphatic rings. The molecule has 1 atom stereocenters. The third-order valence-corrected chi connectivity index (χ3v) is 5.32. The molecule has 2 aliphatic heterocycles. The van der Waals surface area contributed by atoms with Crippen molar-refractivity contribution in [3.8, 4) is 11.5 Å². The second kappa shape index (κ2) is 7.61. The molecule has 0 aromatic heterocycles. The Morgan fingerprint density at radius 1 is 1.11 bits per heavy atom. The van der Waals surface area contributed by atoms with Crippen LogP contribution in [0.15, 0.2) is 36.4 Å². The highest BCUT2D eigenvalue weighted by molar-refractivity contribution is 5.93. The minimum absolute atomic E-state index is 0.0337. The number of fused-ring (bicyclic) bond motifs is 1. The Bertz CT molecular complexity index is 849. The highest BCUT2D eigenvalue weighted by Gasteiger charge is 2.28. The van der Waals surface area contributed by atoms with E-state index in [-0.39, 0.29) is 11.9 Å². The van der Waals surface area contributed by atoms with Gasteiger partial charge in [0.1, 0.15) is 13.2 Å². The lowest BCUT2D eigenvalue weighted by Gasteiger charge is -2.26. The third kappa shape index (κ3) is 3.93. The maximum atomic E-state index is 12.6. The van der Waals surface area contributed by atoms with Crippen molar-refractivity contribution in [1.29, 1.82) is 0 Å². The molecule has 1 fully saturated rings. The monoisotopic (exact) mass is 366 g/mol. The van der Waals surface area contributed by atoms with E-state index in [1.165, 1.54) is 11.1 Å². The Balaban J connectivity index is 1.44. The zero-order valence-corrected chi connectivity index (χ0v) is 16.0. The fourth-order valence-corrected chi connectivity index (χ4v) is 3.99.